The second-order valence-electron chi connectivity index (χ2n) is 8.14. The van der Waals surface area contributed by atoms with E-state index in [1.54, 1.807) is 12.3 Å². The van der Waals surface area contributed by atoms with Gasteiger partial charge in [-0.1, -0.05) is 30.3 Å². The summed E-state index contributed by atoms with van der Waals surface area (Å²) in [4.78, 5) is 33.1. The second kappa shape index (κ2) is 9.52. The lowest BCUT2D eigenvalue weighted by atomic mass is 9.95. The van der Waals surface area contributed by atoms with Crippen molar-refractivity contribution in [3.05, 3.63) is 101 Å². The predicted octanol–water partition coefficient (Wildman–Crippen LogP) is 4.78. The van der Waals surface area contributed by atoms with Gasteiger partial charge in [-0.3, -0.25) is 9.59 Å². The Morgan fingerprint density at radius 1 is 1.14 bits per heavy atom. The molecule has 2 N–H and O–H groups in total. The quantitative estimate of drug-likeness (QED) is 0.422. The van der Waals surface area contributed by atoms with E-state index in [2.05, 4.69) is 15.3 Å². The smallest absolute Gasteiger partial charge is 0.256 e. The molecule has 1 amide bonds. The van der Waals surface area contributed by atoms with Gasteiger partial charge in [-0.05, 0) is 41.5 Å². The van der Waals surface area contributed by atoms with Gasteiger partial charge in [-0.2, -0.15) is 0 Å². The Morgan fingerprint density at radius 2 is 1.97 bits per heavy atom. The molecule has 0 spiro atoms. The maximum absolute atomic E-state index is 13.7. The molecule has 1 aliphatic rings. The summed E-state index contributed by atoms with van der Waals surface area (Å²) >= 11 is 0. The molecule has 4 aromatic rings. The predicted molar refractivity (Wildman–Crippen MR) is 128 cm³/mol. The minimum Gasteiger partial charge on any atom is -0.494 e. The molecule has 2 aromatic carbocycles. The largest absolute Gasteiger partial charge is 0.494 e. The van der Waals surface area contributed by atoms with Gasteiger partial charge in [0.05, 0.1) is 25.1 Å². The number of hydrogen-bond donors (Lipinski definition) is 2. The first-order valence-corrected chi connectivity index (χ1v) is 11.0. The number of H-pyrrole nitrogens is 1. The summed E-state index contributed by atoms with van der Waals surface area (Å²) in [5, 5.41) is 2.75. The van der Waals surface area contributed by atoms with Gasteiger partial charge < -0.3 is 19.8 Å². The molecule has 2 aromatic heterocycles. The van der Waals surface area contributed by atoms with Gasteiger partial charge in [0.25, 0.3) is 5.91 Å². The first kappa shape index (κ1) is 22.5. The molecule has 0 aliphatic carbocycles. The SMILES string of the molecule is COc1cc(C(=O)Nc2cc(-c3[nH]c4c(c3Cc3ccccc3)C(=O)COC4)ccn2)ccc1F. The number of Topliss-reactive ketones (excluding diaryl/α,β-unsaturated/α-hetero) is 1. The number of amides is 1. The number of anilines is 1. The van der Waals surface area contributed by atoms with E-state index in [-0.39, 0.29) is 23.7 Å². The van der Waals surface area contributed by atoms with Crippen molar-refractivity contribution in [2.75, 3.05) is 19.0 Å². The summed E-state index contributed by atoms with van der Waals surface area (Å²) in [7, 11) is 1.34. The van der Waals surface area contributed by atoms with Gasteiger partial charge in [0, 0.05) is 29.3 Å². The number of pyridine rings is 1. The fourth-order valence-corrected chi connectivity index (χ4v) is 4.23. The fraction of sp³-hybridized carbons (Fsp3) is 0.148. The summed E-state index contributed by atoms with van der Waals surface area (Å²) in [6.45, 7) is 0.370. The van der Waals surface area contributed by atoms with Crippen LogP contribution in [0.4, 0.5) is 10.2 Å². The Kier molecular flexibility index (Phi) is 6.12. The monoisotopic (exact) mass is 471 g/mol. The normalized spacial score (nSPS) is 12.8. The topological polar surface area (TPSA) is 93.3 Å². The van der Waals surface area contributed by atoms with Crippen molar-refractivity contribution in [3.8, 4) is 17.0 Å². The molecule has 0 radical (unpaired) electrons. The maximum Gasteiger partial charge on any atom is 0.256 e. The van der Waals surface area contributed by atoms with Crippen LogP contribution in [0.25, 0.3) is 11.3 Å². The Morgan fingerprint density at radius 3 is 2.77 bits per heavy atom. The zero-order valence-electron chi connectivity index (χ0n) is 18.9. The third kappa shape index (κ3) is 4.56. The number of aromatic amines is 1. The van der Waals surface area contributed by atoms with Crippen molar-refractivity contribution in [1.29, 1.82) is 0 Å². The number of ether oxygens (including phenoxy) is 2. The Labute approximate surface area is 200 Å². The Hall–Kier alpha value is -4.30. The average molecular weight is 471 g/mol. The highest BCUT2D eigenvalue weighted by Crippen LogP contribution is 2.33. The number of benzene rings is 2. The molecular weight excluding hydrogens is 449 g/mol. The van der Waals surface area contributed by atoms with Gasteiger partial charge in [-0.25, -0.2) is 9.37 Å². The third-order valence-corrected chi connectivity index (χ3v) is 5.87. The van der Waals surface area contributed by atoms with Crippen LogP contribution in [0.2, 0.25) is 0 Å². The maximum atomic E-state index is 13.7. The van der Waals surface area contributed by atoms with E-state index in [0.717, 1.165) is 28.1 Å². The Bertz CT molecular complexity index is 1420. The van der Waals surface area contributed by atoms with Crippen molar-refractivity contribution < 1.29 is 23.5 Å². The van der Waals surface area contributed by atoms with Gasteiger partial charge in [-0.15, -0.1) is 0 Å². The highest BCUT2D eigenvalue weighted by atomic mass is 19.1. The number of carbonyl (C=O) groups is 2. The molecular formula is C27H22FN3O4. The fourth-order valence-electron chi connectivity index (χ4n) is 4.23. The number of nitrogens with zero attached hydrogens (tertiary/aromatic N) is 1. The van der Waals surface area contributed by atoms with Crippen molar-refractivity contribution >= 4 is 17.5 Å². The van der Waals surface area contributed by atoms with Gasteiger partial charge >= 0.3 is 0 Å². The second-order valence-corrected chi connectivity index (χ2v) is 8.14. The zero-order valence-corrected chi connectivity index (χ0v) is 18.9. The van der Waals surface area contributed by atoms with Crippen molar-refractivity contribution in [3.63, 3.8) is 0 Å². The van der Waals surface area contributed by atoms with Crippen molar-refractivity contribution in [1.82, 2.24) is 9.97 Å². The standard InChI is InChI=1S/C27H22FN3O4/c1-34-23-12-18(7-8-20(23)28)27(33)31-24-13-17(9-10-29-24)26-19(11-16-5-3-2-4-6-16)25-21(30-26)14-35-15-22(25)32/h2-10,12-13,30H,11,14-15H2,1H3,(H,29,31,33). The molecule has 1 aliphatic heterocycles. The van der Waals surface area contributed by atoms with Crippen LogP contribution in [-0.4, -0.2) is 35.4 Å². The number of methoxy groups -OCH3 is 1. The van der Waals surface area contributed by atoms with E-state index in [9.17, 15) is 14.0 Å². The summed E-state index contributed by atoms with van der Waals surface area (Å²) in [5.74, 6) is -0.769. The van der Waals surface area contributed by atoms with Gasteiger partial charge in [0.2, 0.25) is 0 Å². The van der Waals surface area contributed by atoms with Crippen LogP contribution >= 0.6 is 0 Å². The summed E-state index contributed by atoms with van der Waals surface area (Å²) in [6.07, 6.45) is 2.15. The Balaban J connectivity index is 1.49. The molecule has 0 saturated heterocycles. The summed E-state index contributed by atoms with van der Waals surface area (Å²) in [5.41, 5.74) is 5.13. The lowest BCUT2D eigenvalue weighted by Crippen LogP contribution is -2.18. The minimum atomic E-state index is -0.552. The number of carbonyl (C=O) groups excluding carboxylic acids is 2. The van der Waals surface area contributed by atoms with Crippen molar-refractivity contribution in [2.24, 2.45) is 0 Å². The van der Waals surface area contributed by atoms with Crippen LogP contribution in [0.5, 0.6) is 5.75 Å². The lowest BCUT2D eigenvalue weighted by molar-refractivity contribution is 0.0658. The van der Waals surface area contributed by atoms with Crippen LogP contribution in [0.15, 0.2) is 66.9 Å². The molecule has 176 valence electrons. The first-order chi connectivity index (χ1) is 17.0. The van der Waals surface area contributed by atoms with Crippen LogP contribution < -0.4 is 10.1 Å². The van der Waals surface area contributed by atoms with E-state index in [4.69, 9.17) is 9.47 Å². The summed E-state index contributed by atoms with van der Waals surface area (Å²) in [6, 6.07) is 17.3. The number of rotatable bonds is 6. The third-order valence-electron chi connectivity index (χ3n) is 5.87. The van der Waals surface area contributed by atoms with Crippen molar-refractivity contribution in [2.45, 2.75) is 13.0 Å². The molecule has 0 unspecified atom stereocenters. The van der Waals surface area contributed by atoms with Gasteiger partial charge in [0.15, 0.2) is 17.3 Å². The number of nitrogens with one attached hydrogen (secondary N) is 2. The number of halogens is 1. The molecule has 0 fully saturated rings. The van der Waals surface area contributed by atoms with E-state index < -0.39 is 11.7 Å². The van der Waals surface area contributed by atoms with Crippen LogP contribution in [0.1, 0.15) is 37.5 Å². The molecule has 5 rings (SSSR count). The molecule has 0 atom stereocenters. The number of fused-ring (bicyclic) bond motifs is 1. The average Bonchev–Trinajstić information content (AvgIpc) is 3.24. The number of aromatic nitrogens is 2. The minimum absolute atomic E-state index is 0.0197. The van der Waals surface area contributed by atoms with Crippen LogP contribution in [-0.2, 0) is 17.8 Å². The molecule has 7 nitrogen and oxygen atoms in total. The molecule has 3 heterocycles. The zero-order chi connectivity index (χ0) is 24.4. The van der Waals surface area contributed by atoms with Gasteiger partial charge in [0.1, 0.15) is 12.4 Å². The molecule has 35 heavy (non-hydrogen) atoms. The highest BCUT2D eigenvalue weighted by Gasteiger charge is 2.27. The van der Waals surface area contributed by atoms with Crippen LogP contribution in [0, 0.1) is 5.82 Å². The molecule has 8 heteroatoms. The van der Waals surface area contributed by atoms with Crippen LogP contribution in [0.3, 0.4) is 0 Å². The molecule has 0 bridgehead atoms. The number of ketones is 1. The first-order valence-electron chi connectivity index (χ1n) is 11.0. The highest BCUT2D eigenvalue weighted by molar-refractivity contribution is 6.04. The van der Waals surface area contributed by atoms with E-state index >= 15 is 0 Å². The number of hydrogen-bond acceptors (Lipinski definition) is 5. The van der Waals surface area contributed by atoms with E-state index in [1.165, 1.54) is 25.3 Å². The molecule has 0 saturated carbocycles. The van der Waals surface area contributed by atoms with E-state index in [0.29, 0.717) is 24.4 Å². The summed E-state index contributed by atoms with van der Waals surface area (Å²) < 4.78 is 24.1. The lowest BCUT2D eigenvalue weighted by Gasteiger charge is -2.13. The van der Waals surface area contributed by atoms with E-state index in [1.807, 2.05) is 36.4 Å².